The largest absolute Gasteiger partial charge is 0.490 e. The number of hydrogen-bond donors (Lipinski definition) is 2. The van der Waals surface area contributed by atoms with Crippen molar-refractivity contribution in [3.05, 3.63) is 41.3 Å². The van der Waals surface area contributed by atoms with E-state index in [1.807, 2.05) is 23.1 Å². The molecule has 1 fully saturated rings. The molecule has 152 valence electrons. The van der Waals surface area contributed by atoms with Crippen LogP contribution in [0, 0.1) is 11.3 Å². The Hall–Kier alpha value is -3.46. The number of nitriles is 1. The molecule has 2 aliphatic rings. The maximum atomic E-state index is 12.6. The van der Waals surface area contributed by atoms with E-state index in [2.05, 4.69) is 15.4 Å². The van der Waals surface area contributed by atoms with Crippen LogP contribution in [-0.4, -0.2) is 62.0 Å². The molecular formula is C17H15F3N6O3. The lowest BCUT2D eigenvalue weighted by atomic mass is 10.2. The molecule has 0 spiro atoms. The maximum Gasteiger partial charge on any atom is 0.490 e. The summed E-state index contributed by atoms with van der Waals surface area (Å²) in [5.41, 5.74) is 1.92. The summed E-state index contributed by atoms with van der Waals surface area (Å²) in [6.45, 7) is 2.42. The second-order valence-corrected chi connectivity index (χ2v) is 6.35. The number of aliphatic carboxylic acids is 1. The van der Waals surface area contributed by atoms with E-state index >= 15 is 0 Å². The number of nitrogens with one attached hydrogen (secondary N) is 1. The zero-order valence-corrected chi connectivity index (χ0v) is 14.8. The predicted octanol–water partition coefficient (Wildman–Crippen LogP) is 1.09. The van der Waals surface area contributed by atoms with E-state index in [9.17, 15) is 18.0 Å². The van der Waals surface area contributed by atoms with E-state index < -0.39 is 12.1 Å². The van der Waals surface area contributed by atoms with Crippen molar-refractivity contribution in [1.29, 1.82) is 5.26 Å². The van der Waals surface area contributed by atoms with Crippen molar-refractivity contribution >= 4 is 11.9 Å². The molecule has 0 radical (unpaired) electrons. The summed E-state index contributed by atoms with van der Waals surface area (Å²) < 4.78 is 33.3. The van der Waals surface area contributed by atoms with Crippen LogP contribution < -0.4 is 5.32 Å². The number of pyridine rings is 1. The topological polar surface area (TPSA) is 124 Å². The van der Waals surface area contributed by atoms with Gasteiger partial charge in [0.15, 0.2) is 5.82 Å². The molecule has 2 aliphatic heterocycles. The smallest absolute Gasteiger partial charge is 0.475 e. The molecular weight excluding hydrogens is 393 g/mol. The molecule has 1 amide bonds. The third-order valence-corrected chi connectivity index (χ3v) is 4.43. The minimum atomic E-state index is -5.08. The molecule has 4 heterocycles. The van der Waals surface area contributed by atoms with Gasteiger partial charge in [-0.3, -0.25) is 4.79 Å². The van der Waals surface area contributed by atoms with Gasteiger partial charge in [0.2, 0.25) is 0 Å². The number of fused-ring (bicyclic) bond motifs is 1. The first kappa shape index (κ1) is 20.3. The van der Waals surface area contributed by atoms with Crippen LogP contribution in [0.15, 0.2) is 24.5 Å². The quantitative estimate of drug-likeness (QED) is 0.762. The number of halogens is 3. The Bertz CT molecular complexity index is 976. The van der Waals surface area contributed by atoms with E-state index in [0.717, 1.165) is 25.1 Å². The Morgan fingerprint density at radius 1 is 1.38 bits per heavy atom. The van der Waals surface area contributed by atoms with Gasteiger partial charge in [0, 0.05) is 24.7 Å². The highest BCUT2D eigenvalue weighted by molar-refractivity contribution is 5.96. The Morgan fingerprint density at radius 2 is 2.10 bits per heavy atom. The minimum Gasteiger partial charge on any atom is -0.475 e. The van der Waals surface area contributed by atoms with Crippen LogP contribution >= 0.6 is 0 Å². The summed E-state index contributed by atoms with van der Waals surface area (Å²) in [7, 11) is 0. The molecule has 2 aromatic heterocycles. The monoisotopic (exact) mass is 408 g/mol. The first-order valence-corrected chi connectivity index (χ1v) is 8.47. The third-order valence-electron chi connectivity index (χ3n) is 4.43. The van der Waals surface area contributed by atoms with E-state index in [4.69, 9.17) is 15.2 Å². The third kappa shape index (κ3) is 4.35. The SMILES string of the molecule is N#Cc1cnn(-c2ccc3c(n2)C(=O)N([C@@H]2CCNC2)C3)c1.O=C(O)C(F)(F)F. The van der Waals surface area contributed by atoms with Crippen LogP contribution in [0.25, 0.3) is 5.82 Å². The van der Waals surface area contributed by atoms with Crippen molar-refractivity contribution in [2.75, 3.05) is 13.1 Å². The minimum absolute atomic E-state index is 0.0155. The molecule has 29 heavy (non-hydrogen) atoms. The molecule has 9 nitrogen and oxygen atoms in total. The number of amides is 1. The van der Waals surface area contributed by atoms with Crippen molar-refractivity contribution < 1.29 is 27.9 Å². The molecule has 0 unspecified atom stereocenters. The van der Waals surface area contributed by atoms with Gasteiger partial charge in [-0.2, -0.15) is 23.5 Å². The average molecular weight is 408 g/mol. The van der Waals surface area contributed by atoms with Gasteiger partial charge in [-0.25, -0.2) is 14.5 Å². The molecule has 4 rings (SSSR count). The fraction of sp³-hybridized carbons (Fsp3) is 0.353. The van der Waals surface area contributed by atoms with Crippen LogP contribution in [0.1, 0.15) is 28.0 Å². The molecule has 2 aromatic rings. The Labute approximate surface area is 162 Å². The van der Waals surface area contributed by atoms with Crippen molar-refractivity contribution in [2.24, 2.45) is 0 Å². The number of carboxylic acid groups (broad SMARTS) is 1. The lowest BCUT2D eigenvalue weighted by molar-refractivity contribution is -0.192. The summed E-state index contributed by atoms with van der Waals surface area (Å²) in [5, 5.41) is 23.4. The number of carboxylic acids is 1. The number of alkyl halides is 3. The van der Waals surface area contributed by atoms with Crippen LogP contribution in [0.2, 0.25) is 0 Å². The Kier molecular flexibility index (Phi) is 5.51. The number of hydrogen-bond acceptors (Lipinski definition) is 6. The number of rotatable bonds is 2. The summed E-state index contributed by atoms with van der Waals surface area (Å²) in [6.07, 6.45) is -1.02. The van der Waals surface area contributed by atoms with Gasteiger partial charge in [-0.05, 0) is 19.0 Å². The highest BCUT2D eigenvalue weighted by Gasteiger charge is 2.38. The fourth-order valence-electron chi connectivity index (χ4n) is 3.02. The molecule has 1 saturated heterocycles. The van der Waals surface area contributed by atoms with E-state index in [1.165, 1.54) is 10.9 Å². The summed E-state index contributed by atoms with van der Waals surface area (Å²) in [5.74, 6) is -2.22. The zero-order chi connectivity index (χ0) is 21.2. The number of aromatic nitrogens is 3. The number of nitrogens with zero attached hydrogens (tertiary/aromatic N) is 5. The number of carbonyl (C=O) groups is 2. The van der Waals surface area contributed by atoms with Crippen LogP contribution in [0.5, 0.6) is 0 Å². The normalized spacial score (nSPS) is 18.1. The van der Waals surface area contributed by atoms with E-state index in [1.54, 1.807) is 6.20 Å². The lowest BCUT2D eigenvalue weighted by Gasteiger charge is -2.22. The summed E-state index contributed by atoms with van der Waals surface area (Å²) >= 11 is 0. The van der Waals surface area contributed by atoms with Crippen molar-refractivity contribution in [3.63, 3.8) is 0 Å². The molecule has 0 bridgehead atoms. The zero-order valence-electron chi connectivity index (χ0n) is 14.8. The average Bonchev–Trinajstić information content (AvgIpc) is 3.41. The second kappa shape index (κ2) is 7.88. The fourth-order valence-corrected chi connectivity index (χ4v) is 3.02. The highest BCUT2D eigenvalue weighted by atomic mass is 19.4. The van der Waals surface area contributed by atoms with Crippen molar-refractivity contribution in [3.8, 4) is 11.9 Å². The van der Waals surface area contributed by atoms with E-state index in [0.29, 0.717) is 23.6 Å². The molecule has 12 heteroatoms. The van der Waals surface area contributed by atoms with Gasteiger partial charge in [0.05, 0.1) is 18.0 Å². The maximum absolute atomic E-state index is 12.6. The van der Waals surface area contributed by atoms with Gasteiger partial charge in [0.25, 0.3) is 5.91 Å². The molecule has 1 atom stereocenters. The van der Waals surface area contributed by atoms with Gasteiger partial charge in [-0.1, -0.05) is 6.07 Å². The molecule has 0 aromatic carbocycles. The first-order chi connectivity index (χ1) is 13.7. The first-order valence-electron chi connectivity index (χ1n) is 8.47. The highest BCUT2D eigenvalue weighted by Crippen LogP contribution is 2.26. The van der Waals surface area contributed by atoms with Crippen molar-refractivity contribution in [2.45, 2.75) is 25.2 Å². The lowest BCUT2D eigenvalue weighted by Crippen LogP contribution is -2.37. The molecule has 2 N–H and O–H groups in total. The Balaban J connectivity index is 0.000000298. The molecule has 0 aliphatic carbocycles. The van der Waals surface area contributed by atoms with Crippen LogP contribution in [0.4, 0.5) is 13.2 Å². The second-order valence-electron chi connectivity index (χ2n) is 6.35. The van der Waals surface area contributed by atoms with Crippen LogP contribution in [-0.2, 0) is 11.3 Å². The predicted molar refractivity (Wildman–Crippen MR) is 90.9 cm³/mol. The van der Waals surface area contributed by atoms with E-state index in [-0.39, 0.29) is 11.9 Å². The van der Waals surface area contributed by atoms with Crippen molar-refractivity contribution in [1.82, 2.24) is 25.0 Å². The van der Waals surface area contributed by atoms with Gasteiger partial charge in [0.1, 0.15) is 11.8 Å². The number of carbonyl (C=O) groups excluding carboxylic acids is 1. The van der Waals surface area contributed by atoms with Gasteiger partial charge < -0.3 is 15.3 Å². The summed E-state index contributed by atoms with van der Waals surface area (Å²) in [4.78, 5) is 27.8. The van der Waals surface area contributed by atoms with Gasteiger partial charge >= 0.3 is 12.1 Å². The molecule has 0 saturated carbocycles. The van der Waals surface area contributed by atoms with Crippen LogP contribution in [0.3, 0.4) is 0 Å². The standard InChI is InChI=1S/C15H14N6O.C2HF3O2/c16-5-10-6-18-21(8-10)13-2-1-11-9-20(12-3-4-17-7-12)15(22)14(11)19-13;3-2(4,5)1(6)7/h1-2,6,8,12,17H,3-4,7,9H2;(H,6,7)/t12-;/m1./s1. The summed E-state index contributed by atoms with van der Waals surface area (Å²) in [6, 6.07) is 6.03. The van der Waals surface area contributed by atoms with Gasteiger partial charge in [-0.15, -0.1) is 0 Å². The Morgan fingerprint density at radius 3 is 2.66 bits per heavy atom.